The van der Waals surface area contributed by atoms with E-state index in [1.165, 1.54) is 12.1 Å². The summed E-state index contributed by atoms with van der Waals surface area (Å²) in [5.74, 6) is -4.06. The smallest absolute Gasteiger partial charge is 0.427 e. The Labute approximate surface area is 262 Å². The van der Waals surface area contributed by atoms with Gasteiger partial charge < -0.3 is 36.8 Å². The molecule has 0 aliphatic carbocycles. The van der Waals surface area contributed by atoms with Crippen molar-refractivity contribution in [1.29, 1.82) is 0 Å². The number of carboxylic acid groups (broad SMARTS) is 1. The molecule has 17 nitrogen and oxygen atoms in total. The topological polar surface area (TPSA) is 261 Å². The Morgan fingerprint density at radius 1 is 1.30 bits per heavy atom. The van der Waals surface area contributed by atoms with Crippen molar-refractivity contribution in [2.75, 3.05) is 25.4 Å². The molecule has 2 aliphatic rings. The third kappa shape index (κ3) is 7.81. The minimum Gasteiger partial charge on any atom is -0.489 e. The fraction of sp³-hybridized carbons (Fsp3) is 0.417. The van der Waals surface area contributed by atoms with Gasteiger partial charge in [-0.15, -0.1) is 0 Å². The largest absolute Gasteiger partial charge is 0.489 e. The zero-order valence-electron chi connectivity index (χ0n) is 23.6. The fourth-order valence-corrected chi connectivity index (χ4v) is 5.96. The Morgan fingerprint density at radius 2 is 1.98 bits per heavy atom. The van der Waals surface area contributed by atoms with Crippen LogP contribution in [0.2, 0.25) is 0 Å². The normalized spacial score (nSPS) is 21.5. The number of hydrogen-bond acceptors (Lipinski definition) is 13. The van der Waals surface area contributed by atoms with E-state index in [0.29, 0.717) is 12.1 Å². The predicted octanol–water partition coefficient (Wildman–Crippen LogP) is -0.417. The zero-order valence-corrected chi connectivity index (χ0v) is 25.2. The second-order valence-corrected chi connectivity index (χ2v) is 12.2. The van der Waals surface area contributed by atoms with Gasteiger partial charge in [-0.2, -0.15) is 21.6 Å². The van der Waals surface area contributed by atoms with Gasteiger partial charge in [0.05, 0.1) is 12.1 Å². The van der Waals surface area contributed by atoms with Crippen LogP contribution in [-0.2, 0) is 35.7 Å². The number of ether oxygens (including phenoxy) is 1. The third-order valence-electron chi connectivity index (χ3n) is 6.67. The molecule has 0 bridgehead atoms. The monoisotopic (exact) mass is 692 g/mol. The Hall–Kier alpha value is -4.54. The SMILES string of the molecule is C[C@@H]1[C@H](NC(=O)/C(=N\O[C@@H](COc2ccc(C(N)=N[C@@H]3CCNC3)cc2)C(=O)O)c2nc(N)sc2C(F)(F)F)C(=O)N1S(=O)(=O)O. The summed E-state index contributed by atoms with van der Waals surface area (Å²) in [5.41, 5.74) is 9.69. The van der Waals surface area contributed by atoms with Gasteiger partial charge in [-0.3, -0.25) is 19.1 Å². The minimum absolute atomic E-state index is 0.0336. The summed E-state index contributed by atoms with van der Waals surface area (Å²) < 4.78 is 78.6. The van der Waals surface area contributed by atoms with Crippen LogP contribution in [0, 0.1) is 0 Å². The molecule has 1 aromatic carbocycles. The number of aliphatic imine (C=N–C) groups is 1. The lowest BCUT2D eigenvalue weighted by molar-refractivity contribution is -0.152. The number of carbonyl (C=O) groups is 3. The molecular weight excluding hydrogens is 665 g/mol. The predicted molar refractivity (Wildman–Crippen MR) is 154 cm³/mol. The van der Waals surface area contributed by atoms with Gasteiger partial charge in [0.2, 0.25) is 0 Å². The molecule has 0 radical (unpaired) electrons. The molecule has 0 saturated carbocycles. The van der Waals surface area contributed by atoms with E-state index in [1.54, 1.807) is 12.1 Å². The molecule has 0 unspecified atom stereocenters. The fourth-order valence-electron chi connectivity index (χ4n) is 4.37. The van der Waals surface area contributed by atoms with Crippen LogP contribution in [0.15, 0.2) is 34.4 Å². The van der Waals surface area contributed by atoms with Crippen molar-refractivity contribution in [3.63, 3.8) is 0 Å². The van der Waals surface area contributed by atoms with Crippen LogP contribution in [-0.4, -0.2) is 101 Å². The summed E-state index contributed by atoms with van der Waals surface area (Å²) in [7, 11) is -4.99. The van der Waals surface area contributed by atoms with Crippen LogP contribution < -0.4 is 26.8 Å². The molecule has 1 aromatic heterocycles. The third-order valence-corrected chi connectivity index (χ3v) is 8.60. The summed E-state index contributed by atoms with van der Waals surface area (Å²) in [6.07, 6.45) is -6.24. The lowest BCUT2D eigenvalue weighted by Gasteiger charge is -2.42. The molecule has 22 heteroatoms. The van der Waals surface area contributed by atoms with Gasteiger partial charge in [0, 0.05) is 12.1 Å². The Balaban J connectivity index is 1.53. The molecule has 46 heavy (non-hydrogen) atoms. The van der Waals surface area contributed by atoms with Crippen molar-refractivity contribution in [3.8, 4) is 5.75 Å². The number of nitrogens with zero attached hydrogens (tertiary/aromatic N) is 4. The Morgan fingerprint density at radius 3 is 2.52 bits per heavy atom. The number of alkyl halides is 3. The number of nitrogen functional groups attached to an aromatic ring is 1. The number of hydrogen-bond donors (Lipinski definition) is 6. The van der Waals surface area contributed by atoms with E-state index in [1.807, 2.05) is 5.32 Å². The van der Waals surface area contributed by atoms with Crippen molar-refractivity contribution >= 4 is 56.1 Å². The van der Waals surface area contributed by atoms with E-state index >= 15 is 0 Å². The summed E-state index contributed by atoms with van der Waals surface area (Å²) in [6.45, 7) is 1.90. The Kier molecular flexibility index (Phi) is 10.0. The molecule has 250 valence electrons. The van der Waals surface area contributed by atoms with Crippen molar-refractivity contribution < 1.29 is 55.2 Å². The van der Waals surface area contributed by atoms with E-state index in [-0.39, 0.29) is 33.3 Å². The number of halogens is 3. The first kappa shape index (κ1) is 34.3. The van der Waals surface area contributed by atoms with E-state index in [2.05, 4.69) is 20.4 Å². The van der Waals surface area contributed by atoms with Crippen LogP contribution in [0.25, 0.3) is 0 Å². The summed E-state index contributed by atoms with van der Waals surface area (Å²) >= 11 is -0.0534. The number of amides is 2. The summed E-state index contributed by atoms with van der Waals surface area (Å²) in [6, 6.07) is 3.15. The lowest BCUT2D eigenvalue weighted by Crippen LogP contribution is -2.71. The van der Waals surface area contributed by atoms with Gasteiger partial charge in [-0.05, 0) is 44.2 Å². The second-order valence-electron chi connectivity index (χ2n) is 9.90. The quantitative estimate of drug-likeness (QED) is 0.0544. The van der Waals surface area contributed by atoms with Crippen LogP contribution in [0.3, 0.4) is 0 Å². The average molecular weight is 693 g/mol. The van der Waals surface area contributed by atoms with E-state index < -0.39 is 80.5 Å². The van der Waals surface area contributed by atoms with Gasteiger partial charge in [-0.25, -0.2) is 14.1 Å². The number of nitrogens with two attached hydrogens (primary N) is 2. The number of aromatic nitrogens is 1. The van der Waals surface area contributed by atoms with Gasteiger partial charge in [0.25, 0.3) is 17.9 Å². The first-order valence-electron chi connectivity index (χ1n) is 13.2. The number of oxime groups is 1. The first-order chi connectivity index (χ1) is 21.5. The molecule has 2 amide bonds. The van der Waals surface area contributed by atoms with Crippen molar-refractivity contribution in [2.24, 2.45) is 15.9 Å². The maximum absolute atomic E-state index is 13.7. The Bertz CT molecular complexity index is 1660. The molecule has 8 N–H and O–H groups in total. The number of benzene rings is 1. The van der Waals surface area contributed by atoms with Crippen LogP contribution in [0.1, 0.15) is 29.5 Å². The highest BCUT2D eigenvalue weighted by Crippen LogP contribution is 2.38. The van der Waals surface area contributed by atoms with Crippen molar-refractivity contribution in [1.82, 2.24) is 19.9 Å². The minimum atomic E-state index is -5.10. The molecule has 3 heterocycles. The number of carbonyl (C=O) groups excluding carboxylic acids is 2. The first-order valence-corrected chi connectivity index (χ1v) is 15.4. The molecule has 2 saturated heterocycles. The summed E-state index contributed by atoms with van der Waals surface area (Å²) in [4.78, 5) is 48.5. The molecule has 2 fully saturated rings. The number of aliphatic carboxylic acids is 1. The maximum atomic E-state index is 13.7. The number of amidine groups is 1. The molecule has 4 atom stereocenters. The number of rotatable bonds is 12. The average Bonchev–Trinajstić information content (AvgIpc) is 3.62. The lowest BCUT2D eigenvalue weighted by atomic mass is 10.0. The van der Waals surface area contributed by atoms with Gasteiger partial charge >= 0.3 is 22.4 Å². The van der Waals surface area contributed by atoms with Gasteiger partial charge in [0.15, 0.2) is 10.8 Å². The highest BCUT2D eigenvalue weighted by atomic mass is 32.2. The summed E-state index contributed by atoms with van der Waals surface area (Å²) in [5, 5.41) is 17.5. The molecule has 0 spiro atoms. The number of anilines is 1. The zero-order chi connectivity index (χ0) is 34.0. The molecular formula is C24H27F3N8O9S2. The number of nitrogens with one attached hydrogen (secondary N) is 2. The van der Waals surface area contributed by atoms with E-state index in [0.717, 1.165) is 19.9 Å². The second kappa shape index (κ2) is 13.4. The van der Waals surface area contributed by atoms with Gasteiger partial charge in [-0.1, -0.05) is 16.5 Å². The van der Waals surface area contributed by atoms with Crippen LogP contribution >= 0.6 is 11.3 Å². The molecule has 2 aliphatic heterocycles. The van der Waals surface area contributed by atoms with Crippen LogP contribution in [0.5, 0.6) is 5.75 Å². The number of β-lactam (4-membered cyclic amide) rings is 1. The molecule has 2 aromatic rings. The highest BCUT2D eigenvalue weighted by Gasteiger charge is 2.52. The van der Waals surface area contributed by atoms with E-state index in [9.17, 15) is 41.1 Å². The maximum Gasteiger partial charge on any atom is 0.427 e. The van der Waals surface area contributed by atoms with Gasteiger partial charge in [0.1, 0.15) is 34.8 Å². The van der Waals surface area contributed by atoms with Crippen molar-refractivity contribution in [2.45, 2.75) is 43.8 Å². The van der Waals surface area contributed by atoms with E-state index in [4.69, 9.17) is 25.6 Å². The van der Waals surface area contributed by atoms with Crippen molar-refractivity contribution in [3.05, 3.63) is 40.4 Å². The van der Waals surface area contributed by atoms with Crippen LogP contribution in [0.4, 0.5) is 18.3 Å². The highest BCUT2D eigenvalue weighted by molar-refractivity contribution is 7.84. The standard InChI is InChI=1S/C24H27F3N8O9S2/c1-10-15(21(37)35(10)46(40,41)42)32-20(36)17(16-18(24(25,26)27)45-23(29)33-16)34-44-14(22(38)39)9-43-13-4-2-11(3-5-13)19(28)31-12-6-7-30-8-12/h2-5,10,12,14-15,30H,6-9H2,1H3,(H2,28,31)(H2,29,33)(H,32,36)(H,38,39)(H,40,41,42)/b34-17-/t10-,12-,14+,15+/m1/s1. The number of carboxylic acids is 1. The molecule has 4 rings (SSSR count). The number of thiazole rings is 1.